The third-order valence-electron chi connectivity index (χ3n) is 6.71. The van der Waals surface area contributed by atoms with Gasteiger partial charge >= 0.3 is 0 Å². The van der Waals surface area contributed by atoms with E-state index >= 15 is 0 Å². The van der Waals surface area contributed by atoms with E-state index in [1.54, 1.807) is 29.2 Å². The molecule has 1 aromatic heterocycles. The van der Waals surface area contributed by atoms with Gasteiger partial charge in [-0.1, -0.05) is 30.4 Å². The molecule has 2 saturated heterocycles. The fourth-order valence-electron chi connectivity index (χ4n) is 5.36. The van der Waals surface area contributed by atoms with Crippen molar-refractivity contribution in [1.29, 1.82) is 0 Å². The quantitative estimate of drug-likeness (QED) is 0.601. The van der Waals surface area contributed by atoms with Gasteiger partial charge in [-0.25, -0.2) is 4.39 Å². The van der Waals surface area contributed by atoms with E-state index in [9.17, 15) is 18.8 Å². The monoisotopic (exact) mass is 497 g/mol. The Morgan fingerprint density at radius 3 is 2.57 bits per heavy atom. The van der Waals surface area contributed by atoms with Crippen LogP contribution in [-0.4, -0.2) is 45.9 Å². The molecule has 0 unspecified atom stereocenters. The summed E-state index contributed by atoms with van der Waals surface area (Å²) in [7, 11) is 0. The molecular weight excluding hydrogens is 469 g/mol. The fourth-order valence-corrected chi connectivity index (χ4v) is 6.06. The maximum absolute atomic E-state index is 13.8. The second kappa shape index (κ2) is 8.57. The Bertz CT molecular complexity index is 1170. The van der Waals surface area contributed by atoms with E-state index in [4.69, 9.17) is 4.74 Å². The van der Waals surface area contributed by atoms with Crippen molar-refractivity contribution in [2.75, 3.05) is 0 Å². The number of hydrogen-bond donors (Lipinski definition) is 2. The van der Waals surface area contributed by atoms with Crippen LogP contribution in [0.3, 0.4) is 0 Å². The molecular formula is C26H28FN3O4S. The first-order valence-electron chi connectivity index (χ1n) is 11.6. The molecule has 2 fully saturated rings. The summed E-state index contributed by atoms with van der Waals surface area (Å²) in [6, 6.07) is 8.80. The Balaban J connectivity index is 1.43. The van der Waals surface area contributed by atoms with Gasteiger partial charge in [-0.3, -0.25) is 14.4 Å². The molecule has 5 rings (SSSR count). The number of hydrogen-bond acceptors (Lipinski definition) is 5. The predicted octanol–water partition coefficient (Wildman–Crippen LogP) is 2.77. The number of fused-ring (bicyclic) bond motifs is 1. The van der Waals surface area contributed by atoms with Crippen LogP contribution in [0.1, 0.15) is 31.2 Å². The van der Waals surface area contributed by atoms with E-state index in [1.165, 1.54) is 23.5 Å². The zero-order valence-electron chi connectivity index (χ0n) is 19.8. The van der Waals surface area contributed by atoms with E-state index in [-0.39, 0.29) is 36.6 Å². The van der Waals surface area contributed by atoms with Crippen LogP contribution < -0.4 is 10.6 Å². The maximum atomic E-state index is 13.8. The lowest BCUT2D eigenvalue weighted by Gasteiger charge is -2.34. The van der Waals surface area contributed by atoms with E-state index < -0.39 is 35.1 Å². The zero-order valence-corrected chi connectivity index (χ0v) is 20.6. The molecule has 3 aliphatic rings. The first-order chi connectivity index (χ1) is 16.6. The Labute approximate surface area is 207 Å². The molecule has 7 nitrogen and oxygen atoms in total. The van der Waals surface area contributed by atoms with Crippen LogP contribution in [0.15, 0.2) is 53.9 Å². The van der Waals surface area contributed by atoms with Gasteiger partial charge < -0.3 is 20.3 Å². The Hall–Kier alpha value is -3.04. The number of amides is 3. The lowest BCUT2D eigenvalue weighted by atomic mass is 9.74. The van der Waals surface area contributed by atoms with Gasteiger partial charge in [-0.2, -0.15) is 0 Å². The van der Waals surface area contributed by atoms with Crippen LogP contribution in [0.2, 0.25) is 0 Å². The third kappa shape index (κ3) is 4.16. The molecule has 2 N–H and O–H groups in total. The highest BCUT2D eigenvalue weighted by Crippen LogP contribution is 2.55. The molecule has 1 aromatic carbocycles. The molecule has 0 radical (unpaired) electrons. The molecule has 2 aromatic rings. The van der Waals surface area contributed by atoms with Gasteiger partial charge in [0, 0.05) is 17.0 Å². The average Bonchev–Trinajstić information content (AvgIpc) is 3.55. The number of carbonyl (C=O) groups is 3. The van der Waals surface area contributed by atoms with E-state index in [0.29, 0.717) is 0 Å². The maximum Gasteiger partial charge on any atom is 0.246 e. The van der Waals surface area contributed by atoms with Crippen molar-refractivity contribution in [3.63, 3.8) is 0 Å². The van der Waals surface area contributed by atoms with Crippen molar-refractivity contribution in [2.24, 2.45) is 11.8 Å². The molecule has 35 heavy (non-hydrogen) atoms. The number of halogens is 1. The van der Waals surface area contributed by atoms with Gasteiger partial charge in [0.25, 0.3) is 0 Å². The van der Waals surface area contributed by atoms with Crippen molar-refractivity contribution in [3.8, 4) is 0 Å². The van der Waals surface area contributed by atoms with E-state index in [1.807, 2.05) is 38.3 Å². The number of carbonyl (C=O) groups excluding carboxylic acids is 3. The normalized spacial score (nSPS) is 28.9. The Morgan fingerprint density at radius 1 is 1.17 bits per heavy atom. The van der Waals surface area contributed by atoms with Gasteiger partial charge in [0.15, 0.2) is 0 Å². The summed E-state index contributed by atoms with van der Waals surface area (Å²) in [6.07, 6.45) is 2.99. The number of likely N-dealkylation sites (tertiary alicyclic amines) is 1. The predicted molar refractivity (Wildman–Crippen MR) is 129 cm³/mol. The summed E-state index contributed by atoms with van der Waals surface area (Å²) >= 11 is 1.51. The van der Waals surface area contributed by atoms with Gasteiger partial charge in [-0.15, -0.1) is 11.3 Å². The lowest BCUT2D eigenvalue weighted by molar-refractivity contribution is -0.142. The lowest BCUT2D eigenvalue weighted by Crippen LogP contribution is -2.57. The van der Waals surface area contributed by atoms with E-state index in [0.717, 1.165) is 10.4 Å². The van der Waals surface area contributed by atoms with Crippen LogP contribution in [-0.2, 0) is 32.2 Å². The molecule has 3 amide bonds. The first kappa shape index (κ1) is 23.7. The number of rotatable bonds is 6. The highest BCUT2D eigenvalue weighted by molar-refractivity contribution is 7.09. The van der Waals surface area contributed by atoms with Crippen molar-refractivity contribution < 1.29 is 23.5 Å². The molecule has 4 heterocycles. The van der Waals surface area contributed by atoms with Gasteiger partial charge in [-0.05, 0) is 49.9 Å². The Morgan fingerprint density at radius 2 is 1.91 bits per heavy atom. The van der Waals surface area contributed by atoms with Gasteiger partial charge in [0.2, 0.25) is 17.7 Å². The summed E-state index contributed by atoms with van der Waals surface area (Å²) in [5.74, 6) is -2.80. The third-order valence-corrected chi connectivity index (χ3v) is 7.57. The summed E-state index contributed by atoms with van der Waals surface area (Å²) in [4.78, 5) is 43.2. The smallest absolute Gasteiger partial charge is 0.246 e. The summed E-state index contributed by atoms with van der Waals surface area (Å²) in [5, 5.41) is 7.80. The standard InChI is InChI=1S/C26H28FN3O4S/c1-25(2,3)29-23(32)21-26-11-10-18(34-26)19(22(31)28-13-15-6-8-16(27)9-7-15)20(26)24(33)30(21)14-17-5-4-12-35-17/h4-12,18-21H,13-14H2,1-3H3,(H,28,31)(H,29,32)/t18-,19+,20+,21+,26+/m1/s1. The number of thiophene rings is 1. The molecule has 184 valence electrons. The van der Waals surface area contributed by atoms with Crippen LogP contribution in [0, 0.1) is 17.7 Å². The minimum atomic E-state index is -1.20. The highest BCUT2D eigenvalue weighted by atomic mass is 32.1. The Kier molecular flexibility index (Phi) is 5.80. The largest absolute Gasteiger partial charge is 0.359 e. The molecule has 0 aliphatic carbocycles. The zero-order chi connectivity index (χ0) is 25.0. The van der Waals surface area contributed by atoms with Crippen molar-refractivity contribution in [2.45, 2.75) is 57.1 Å². The number of nitrogens with zero attached hydrogens (tertiary/aromatic N) is 1. The van der Waals surface area contributed by atoms with Gasteiger partial charge in [0.05, 0.1) is 24.5 Å². The van der Waals surface area contributed by atoms with Crippen LogP contribution >= 0.6 is 11.3 Å². The minimum Gasteiger partial charge on any atom is -0.359 e. The first-order valence-corrected chi connectivity index (χ1v) is 12.5. The minimum absolute atomic E-state index is 0.201. The second-order valence-electron chi connectivity index (χ2n) is 10.3. The van der Waals surface area contributed by atoms with Crippen molar-refractivity contribution >= 4 is 29.1 Å². The topological polar surface area (TPSA) is 87.7 Å². The van der Waals surface area contributed by atoms with Crippen LogP contribution in [0.25, 0.3) is 0 Å². The van der Waals surface area contributed by atoms with E-state index in [2.05, 4.69) is 10.6 Å². The second-order valence-corrected chi connectivity index (χ2v) is 11.4. The molecule has 5 atom stereocenters. The number of ether oxygens (including phenoxy) is 1. The van der Waals surface area contributed by atoms with Crippen LogP contribution in [0.5, 0.6) is 0 Å². The molecule has 0 saturated carbocycles. The van der Waals surface area contributed by atoms with Crippen molar-refractivity contribution in [1.82, 2.24) is 15.5 Å². The number of nitrogens with one attached hydrogen (secondary N) is 2. The number of benzene rings is 1. The van der Waals surface area contributed by atoms with Crippen molar-refractivity contribution in [3.05, 3.63) is 70.2 Å². The van der Waals surface area contributed by atoms with Crippen LogP contribution in [0.4, 0.5) is 4.39 Å². The molecule has 1 spiro atoms. The SMILES string of the molecule is CC(C)(C)NC(=O)[C@@H]1N(Cc2cccs2)C(=O)[C@@H]2[C@@H](C(=O)NCc3ccc(F)cc3)[C@H]3C=C[C@]21O3. The highest BCUT2D eigenvalue weighted by Gasteiger charge is 2.72. The molecule has 2 bridgehead atoms. The molecule has 9 heteroatoms. The summed E-state index contributed by atoms with van der Waals surface area (Å²) < 4.78 is 19.5. The summed E-state index contributed by atoms with van der Waals surface area (Å²) in [5.41, 5.74) is -0.962. The fraction of sp³-hybridized carbons (Fsp3) is 0.423. The molecule has 3 aliphatic heterocycles. The van der Waals surface area contributed by atoms with Gasteiger partial charge in [0.1, 0.15) is 17.5 Å². The summed E-state index contributed by atoms with van der Waals surface area (Å²) in [6.45, 7) is 6.12. The average molecular weight is 498 g/mol.